The maximum Gasteiger partial charge on any atom is 0.295 e. The Morgan fingerprint density at radius 3 is 2.43 bits per heavy atom. The van der Waals surface area contributed by atoms with Crippen molar-refractivity contribution in [3.63, 3.8) is 0 Å². The third kappa shape index (κ3) is 3.16. The molecule has 8 nitrogen and oxygen atoms in total. The molecule has 1 aliphatic rings. The van der Waals surface area contributed by atoms with Crippen molar-refractivity contribution in [2.75, 3.05) is 0 Å². The first kappa shape index (κ1) is 19.5. The van der Waals surface area contributed by atoms with Gasteiger partial charge in [0.15, 0.2) is 0 Å². The fourth-order valence-electron chi connectivity index (χ4n) is 3.87. The zero-order valence-electron chi connectivity index (χ0n) is 16.9. The lowest BCUT2D eigenvalue weighted by Gasteiger charge is -2.25. The molecule has 4 heterocycles. The zero-order chi connectivity index (χ0) is 21.4. The third-order valence-corrected chi connectivity index (χ3v) is 5.38. The largest absolute Gasteiger partial charge is 0.507 e. The van der Waals surface area contributed by atoms with Gasteiger partial charge in [-0.3, -0.25) is 24.2 Å². The molecule has 1 unspecified atom stereocenters. The molecule has 3 aromatic rings. The highest BCUT2D eigenvalue weighted by Gasteiger charge is 2.46. The molecule has 1 amide bonds. The number of amides is 1. The Morgan fingerprint density at radius 1 is 1.10 bits per heavy atom. The van der Waals surface area contributed by atoms with E-state index >= 15 is 0 Å². The standard InChI is InChI=1S/C22H21N5O3/c1-13-17(14(2)26(3)25-13)20(28)18-19(16-6-9-23-10-7-16)27(22(30)21(18)29)12-15-5-4-8-24-11-15/h4-11,19,28H,12H2,1-3H3/b20-18+. The summed E-state index contributed by atoms with van der Waals surface area (Å²) in [6, 6.07) is 6.35. The molecule has 0 radical (unpaired) electrons. The molecule has 30 heavy (non-hydrogen) atoms. The number of pyridine rings is 2. The lowest BCUT2D eigenvalue weighted by Crippen LogP contribution is -2.29. The minimum atomic E-state index is -0.743. The van der Waals surface area contributed by atoms with Crippen molar-refractivity contribution in [3.05, 3.63) is 82.7 Å². The molecular weight excluding hydrogens is 382 g/mol. The minimum absolute atomic E-state index is 0.0503. The molecule has 0 aromatic carbocycles. The first-order chi connectivity index (χ1) is 14.4. The number of nitrogens with zero attached hydrogens (tertiary/aromatic N) is 5. The van der Waals surface area contributed by atoms with Crippen LogP contribution >= 0.6 is 0 Å². The number of hydrogen-bond donors (Lipinski definition) is 1. The molecule has 3 aromatic heterocycles. The summed E-state index contributed by atoms with van der Waals surface area (Å²) in [7, 11) is 1.76. The van der Waals surface area contributed by atoms with Crippen molar-refractivity contribution in [3.8, 4) is 0 Å². The van der Waals surface area contributed by atoms with Gasteiger partial charge in [-0.25, -0.2) is 0 Å². The molecule has 152 valence electrons. The molecule has 8 heteroatoms. The van der Waals surface area contributed by atoms with Crippen molar-refractivity contribution < 1.29 is 14.7 Å². The maximum atomic E-state index is 13.1. The first-order valence-electron chi connectivity index (χ1n) is 9.48. The number of ketones is 1. The maximum absolute atomic E-state index is 13.1. The number of rotatable bonds is 4. The minimum Gasteiger partial charge on any atom is -0.507 e. The van der Waals surface area contributed by atoms with Gasteiger partial charge in [0.2, 0.25) is 0 Å². The summed E-state index contributed by atoms with van der Waals surface area (Å²) in [6.07, 6.45) is 6.49. The van der Waals surface area contributed by atoms with E-state index in [1.807, 2.05) is 13.0 Å². The average molecular weight is 403 g/mol. The Bertz CT molecular complexity index is 1150. The molecule has 1 N–H and O–H groups in total. The average Bonchev–Trinajstić information content (AvgIpc) is 3.15. The molecule has 1 saturated heterocycles. The predicted octanol–water partition coefficient (Wildman–Crippen LogP) is 2.45. The van der Waals surface area contributed by atoms with Crippen LogP contribution in [0.4, 0.5) is 0 Å². The van der Waals surface area contributed by atoms with E-state index in [1.54, 1.807) is 61.6 Å². The normalized spacial score (nSPS) is 18.2. The van der Waals surface area contributed by atoms with Gasteiger partial charge in [0, 0.05) is 44.1 Å². The van der Waals surface area contributed by atoms with E-state index in [0.29, 0.717) is 22.5 Å². The van der Waals surface area contributed by atoms with E-state index in [4.69, 9.17) is 0 Å². The van der Waals surface area contributed by atoms with E-state index in [0.717, 1.165) is 5.56 Å². The van der Waals surface area contributed by atoms with E-state index in [9.17, 15) is 14.7 Å². The van der Waals surface area contributed by atoms with Crippen LogP contribution < -0.4 is 0 Å². The number of Topliss-reactive ketones (excluding diaryl/α,β-unsaturated/α-hetero) is 1. The highest BCUT2D eigenvalue weighted by Crippen LogP contribution is 2.40. The summed E-state index contributed by atoms with van der Waals surface area (Å²) in [6.45, 7) is 3.75. The number of likely N-dealkylation sites (tertiary alicyclic amines) is 1. The summed E-state index contributed by atoms with van der Waals surface area (Å²) >= 11 is 0. The fourth-order valence-corrected chi connectivity index (χ4v) is 3.87. The van der Waals surface area contributed by atoms with Gasteiger partial charge < -0.3 is 10.0 Å². The molecule has 0 saturated carbocycles. The van der Waals surface area contributed by atoms with Gasteiger partial charge in [-0.2, -0.15) is 5.10 Å². The van der Waals surface area contributed by atoms with Gasteiger partial charge in [-0.05, 0) is 43.2 Å². The zero-order valence-corrected chi connectivity index (χ0v) is 16.9. The number of carbonyl (C=O) groups excluding carboxylic acids is 2. The molecule has 0 spiro atoms. The molecule has 0 aliphatic carbocycles. The number of hydrogen-bond acceptors (Lipinski definition) is 6. The number of carbonyl (C=O) groups is 2. The molecular formula is C22H21N5O3. The van der Waals surface area contributed by atoms with Crippen LogP contribution in [-0.2, 0) is 23.2 Å². The Kier molecular flexibility index (Phi) is 4.91. The number of aromatic nitrogens is 4. The Morgan fingerprint density at radius 2 is 1.83 bits per heavy atom. The molecule has 1 fully saturated rings. The summed E-state index contributed by atoms with van der Waals surface area (Å²) < 4.78 is 1.64. The van der Waals surface area contributed by atoms with Gasteiger partial charge in [0.25, 0.3) is 11.7 Å². The van der Waals surface area contributed by atoms with Crippen molar-refractivity contribution >= 4 is 17.4 Å². The second-order valence-corrected chi connectivity index (χ2v) is 7.24. The van der Waals surface area contributed by atoms with E-state index in [1.165, 1.54) is 4.90 Å². The van der Waals surface area contributed by atoms with Crippen LogP contribution in [0, 0.1) is 13.8 Å². The Balaban J connectivity index is 1.90. The second-order valence-electron chi connectivity index (χ2n) is 7.24. The third-order valence-electron chi connectivity index (χ3n) is 5.38. The fraction of sp³-hybridized carbons (Fsp3) is 0.227. The van der Waals surface area contributed by atoms with Crippen molar-refractivity contribution in [1.29, 1.82) is 0 Å². The summed E-state index contributed by atoms with van der Waals surface area (Å²) in [5.74, 6) is -1.60. The highest BCUT2D eigenvalue weighted by atomic mass is 16.3. The topological polar surface area (TPSA) is 101 Å². The number of aliphatic hydroxyl groups excluding tert-OH is 1. The lowest BCUT2D eigenvalue weighted by atomic mass is 9.95. The van der Waals surface area contributed by atoms with Crippen LogP contribution in [0.15, 0.2) is 54.6 Å². The summed E-state index contributed by atoms with van der Waals surface area (Å²) in [5, 5.41) is 15.5. The van der Waals surface area contributed by atoms with Crippen molar-refractivity contribution in [2.45, 2.75) is 26.4 Å². The monoisotopic (exact) mass is 403 g/mol. The van der Waals surface area contributed by atoms with E-state index < -0.39 is 17.7 Å². The highest BCUT2D eigenvalue weighted by molar-refractivity contribution is 6.46. The Labute approximate surface area is 173 Å². The molecule has 1 atom stereocenters. The van der Waals surface area contributed by atoms with Crippen LogP contribution in [0.3, 0.4) is 0 Å². The van der Waals surface area contributed by atoms with Gasteiger partial charge in [0.05, 0.1) is 22.9 Å². The molecule has 1 aliphatic heterocycles. The predicted molar refractivity (Wildman–Crippen MR) is 109 cm³/mol. The summed E-state index contributed by atoms with van der Waals surface area (Å²) in [5.41, 5.74) is 3.28. The molecule has 0 bridgehead atoms. The van der Waals surface area contributed by atoms with Crippen LogP contribution in [0.2, 0.25) is 0 Å². The van der Waals surface area contributed by atoms with Crippen LogP contribution in [0.25, 0.3) is 5.76 Å². The number of aryl methyl sites for hydroxylation is 2. The van der Waals surface area contributed by atoms with Crippen LogP contribution in [0.1, 0.15) is 34.1 Å². The van der Waals surface area contributed by atoms with E-state index in [-0.39, 0.29) is 17.9 Å². The molecule has 4 rings (SSSR count). The van der Waals surface area contributed by atoms with Crippen LogP contribution in [0.5, 0.6) is 0 Å². The lowest BCUT2D eigenvalue weighted by molar-refractivity contribution is -0.140. The smallest absolute Gasteiger partial charge is 0.295 e. The Hall–Kier alpha value is -3.81. The van der Waals surface area contributed by atoms with Crippen molar-refractivity contribution in [1.82, 2.24) is 24.6 Å². The SMILES string of the molecule is Cc1nn(C)c(C)c1/C(O)=C1\C(=O)C(=O)N(Cc2cccnc2)C1c1ccncc1. The van der Waals surface area contributed by atoms with Gasteiger partial charge in [-0.1, -0.05) is 6.07 Å². The van der Waals surface area contributed by atoms with Gasteiger partial charge >= 0.3 is 0 Å². The van der Waals surface area contributed by atoms with Crippen molar-refractivity contribution in [2.24, 2.45) is 7.05 Å². The van der Waals surface area contributed by atoms with Gasteiger partial charge in [-0.15, -0.1) is 0 Å². The quantitative estimate of drug-likeness (QED) is 0.408. The van der Waals surface area contributed by atoms with E-state index in [2.05, 4.69) is 15.1 Å². The number of aliphatic hydroxyl groups is 1. The van der Waals surface area contributed by atoms with Crippen LogP contribution in [-0.4, -0.2) is 41.4 Å². The second kappa shape index (κ2) is 7.55. The first-order valence-corrected chi connectivity index (χ1v) is 9.48. The summed E-state index contributed by atoms with van der Waals surface area (Å²) in [4.78, 5) is 35.6. The van der Waals surface area contributed by atoms with Gasteiger partial charge in [0.1, 0.15) is 5.76 Å².